The molecule has 0 bridgehead atoms. The van der Waals surface area contributed by atoms with E-state index in [1.807, 2.05) is 0 Å². The van der Waals surface area contributed by atoms with Gasteiger partial charge in [0.25, 0.3) is 0 Å². The van der Waals surface area contributed by atoms with E-state index in [1.54, 1.807) is 13.8 Å². The molecule has 1 aromatic carbocycles. The van der Waals surface area contributed by atoms with Gasteiger partial charge in [0.15, 0.2) is 0 Å². The van der Waals surface area contributed by atoms with Crippen molar-refractivity contribution in [3.05, 3.63) is 23.8 Å². The molecule has 2 atom stereocenters. The number of hydrogen-bond donors (Lipinski definition) is 4. The molecule has 0 heterocycles. The van der Waals surface area contributed by atoms with Crippen LogP contribution < -0.4 is 5.73 Å². The lowest BCUT2D eigenvalue weighted by atomic mass is 9.79. The molecule has 0 fully saturated rings. The van der Waals surface area contributed by atoms with Gasteiger partial charge in [-0.3, -0.25) is 4.79 Å². The van der Waals surface area contributed by atoms with Gasteiger partial charge >= 0.3 is 5.97 Å². The van der Waals surface area contributed by atoms with Gasteiger partial charge in [-0.05, 0) is 24.6 Å². The molecular formula is C12H17NO4. The van der Waals surface area contributed by atoms with Crippen LogP contribution in [0, 0.1) is 0 Å². The van der Waals surface area contributed by atoms with Crippen LogP contribution in [-0.4, -0.2) is 26.8 Å². The fourth-order valence-electron chi connectivity index (χ4n) is 1.81. The summed E-state index contributed by atoms with van der Waals surface area (Å²) in [5.41, 5.74) is 4.71. The van der Waals surface area contributed by atoms with E-state index in [9.17, 15) is 15.0 Å². The summed E-state index contributed by atoms with van der Waals surface area (Å²) in [6, 6.07) is 3.98. The van der Waals surface area contributed by atoms with E-state index in [0.29, 0.717) is 5.56 Å². The second-order valence-corrected chi connectivity index (χ2v) is 4.16. The molecule has 0 aliphatic heterocycles. The third-order valence-corrected chi connectivity index (χ3v) is 3.23. The topological polar surface area (TPSA) is 104 Å². The Kier molecular flexibility index (Phi) is 3.63. The van der Waals surface area contributed by atoms with E-state index < -0.39 is 17.4 Å². The van der Waals surface area contributed by atoms with E-state index in [0.717, 1.165) is 0 Å². The van der Waals surface area contributed by atoms with Gasteiger partial charge in [0.05, 0.1) is 0 Å². The lowest BCUT2D eigenvalue weighted by Crippen LogP contribution is -2.51. The summed E-state index contributed by atoms with van der Waals surface area (Å²) in [5.74, 6) is -1.85. The molecule has 5 N–H and O–H groups in total. The fraction of sp³-hybridized carbons (Fsp3) is 0.417. The second kappa shape index (κ2) is 4.63. The zero-order valence-electron chi connectivity index (χ0n) is 9.84. The molecule has 0 spiro atoms. The van der Waals surface area contributed by atoms with Gasteiger partial charge in [-0.15, -0.1) is 0 Å². The maximum absolute atomic E-state index is 11.2. The Morgan fingerprint density at radius 3 is 2.53 bits per heavy atom. The lowest BCUT2D eigenvalue weighted by molar-refractivity contribution is -0.144. The predicted molar refractivity (Wildman–Crippen MR) is 63.0 cm³/mol. The highest BCUT2D eigenvalue weighted by atomic mass is 16.4. The predicted octanol–water partition coefficient (Wildman–Crippen LogP) is 1.39. The number of benzene rings is 1. The molecule has 94 valence electrons. The van der Waals surface area contributed by atoms with Crippen molar-refractivity contribution in [3.63, 3.8) is 0 Å². The molecular weight excluding hydrogens is 222 g/mol. The van der Waals surface area contributed by atoms with Crippen molar-refractivity contribution >= 4 is 5.97 Å². The fourth-order valence-corrected chi connectivity index (χ4v) is 1.81. The summed E-state index contributed by atoms with van der Waals surface area (Å²) in [6.45, 7) is 3.29. The highest BCUT2D eigenvalue weighted by Crippen LogP contribution is 2.36. The molecule has 5 nitrogen and oxygen atoms in total. The van der Waals surface area contributed by atoms with Crippen molar-refractivity contribution in [2.75, 3.05) is 0 Å². The third-order valence-electron chi connectivity index (χ3n) is 3.23. The maximum atomic E-state index is 11.2. The minimum Gasteiger partial charge on any atom is -0.508 e. The molecule has 1 rings (SSSR count). The first kappa shape index (κ1) is 13.3. The highest BCUT2D eigenvalue weighted by Gasteiger charge is 2.40. The summed E-state index contributed by atoms with van der Waals surface area (Å²) >= 11 is 0. The SMILES string of the molecule is CC[C@@](N)(C(=O)O)C(C)c1cc(O)ccc1O. The zero-order valence-corrected chi connectivity index (χ0v) is 9.84. The van der Waals surface area contributed by atoms with Crippen LogP contribution in [0.15, 0.2) is 18.2 Å². The van der Waals surface area contributed by atoms with Crippen LogP contribution in [0.1, 0.15) is 31.7 Å². The molecule has 0 aliphatic rings. The Bertz CT molecular complexity index is 433. The van der Waals surface area contributed by atoms with E-state index in [4.69, 9.17) is 10.8 Å². The van der Waals surface area contributed by atoms with E-state index in [1.165, 1.54) is 18.2 Å². The Labute approximate surface area is 99.5 Å². The van der Waals surface area contributed by atoms with Crippen LogP contribution in [0.3, 0.4) is 0 Å². The zero-order chi connectivity index (χ0) is 13.2. The maximum Gasteiger partial charge on any atom is 0.324 e. The van der Waals surface area contributed by atoms with Gasteiger partial charge in [-0.2, -0.15) is 0 Å². The first-order valence-electron chi connectivity index (χ1n) is 5.37. The van der Waals surface area contributed by atoms with Gasteiger partial charge in [-0.25, -0.2) is 0 Å². The van der Waals surface area contributed by atoms with Crippen molar-refractivity contribution in [2.45, 2.75) is 31.7 Å². The number of rotatable bonds is 4. The Morgan fingerprint density at radius 1 is 1.47 bits per heavy atom. The minimum absolute atomic E-state index is 0.0338. The van der Waals surface area contributed by atoms with Crippen LogP contribution in [-0.2, 0) is 4.79 Å². The lowest BCUT2D eigenvalue weighted by Gasteiger charge is -2.30. The van der Waals surface area contributed by atoms with Crippen LogP contribution in [0.25, 0.3) is 0 Å². The Morgan fingerprint density at radius 2 is 2.06 bits per heavy atom. The summed E-state index contributed by atoms with van der Waals surface area (Å²) in [5, 5.41) is 28.2. The summed E-state index contributed by atoms with van der Waals surface area (Å²) < 4.78 is 0. The monoisotopic (exact) mass is 239 g/mol. The van der Waals surface area contributed by atoms with E-state index in [-0.39, 0.29) is 17.9 Å². The number of carboxylic acid groups (broad SMARTS) is 1. The molecule has 1 aromatic rings. The molecule has 1 unspecified atom stereocenters. The summed E-state index contributed by atoms with van der Waals surface area (Å²) in [6.07, 6.45) is 0.221. The largest absolute Gasteiger partial charge is 0.508 e. The third kappa shape index (κ3) is 2.34. The molecule has 5 heteroatoms. The van der Waals surface area contributed by atoms with Gasteiger partial charge in [0.2, 0.25) is 0 Å². The smallest absolute Gasteiger partial charge is 0.324 e. The van der Waals surface area contributed by atoms with Gasteiger partial charge in [0, 0.05) is 11.5 Å². The molecule has 0 aliphatic carbocycles. The van der Waals surface area contributed by atoms with Crippen molar-refractivity contribution in [3.8, 4) is 11.5 Å². The molecule has 0 amide bonds. The van der Waals surface area contributed by atoms with Crippen molar-refractivity contribution in [2.24, 2.45) is 5.73 Å². The number of aromatic hydroxyl groups is 2. The van der Waals surface area contributed by atoms with Crippen LogP contribution in [0.5, 0.6) is 11.5 Å². The number of carbonyl (C=O) groups is 1. The Hall–Kier alpha value is -1.75. The van der Waals surface area contributed by atoms with Crippen molar-refractivity contribution in [1.82, 2.24) is 0 Å². The molecule has 0 saturated heterocycles. The van der Waals surface area contributed by atoms with Crippen LogP contribution >= 0.6 is 0 Å². The molecule has 0 aromatic heterocycles. The van der Waals surface area contributed by atoms with Gasteiger partial charge < -0.3 is 21.1 Å². The van der Waals surface area contributed by atoms with Gasteiger partial charge in [0.1, 0.15) is 17.0 Å². The average Bonchev–Trinajstić information content (AvgIpc) is 2.30. The van der Waals surface area contributed by atoms with Crippen LogP contribution in [0.4, 0.5) is 0 Å². The molecule has 17 heavy (non-hydrogen) atoms. The number of aliphatic carboxylic acids is 1. The number of phenols is 2. The molecule has 0 radical (unpaired) electrons. The molecule has 0 saturated carbocycles. The number of phenolic OH excluding ortho intramolecular Hbond substituents is 2. The first-order valence-corrected chi connectivity index (χ1v) is 5.37. The summed E-state index contributed by atoms with van der Waals surface area (Å²) in [4.78, 5) is 11.2. The number of carboxylic acids is 1. The van der Waals surface area contributed by atoms with E-state index >= 15 is 0 Å². The Balaban J connectivity index is 3.23. The average molecular weight is 239 g/mol. The highest BCUT2D eigenvalue weighted by molar-refractivity contribution is 5.80. The second-order valence-electron chi connectivity index (χ2n) is 4.16. The normalized spacial score (nSPS) is 16.2. The van der Waals surface area contributed by atoms with Crippen molar-refractivity contribution < 1.29 is 20.1 Å². The van der Waals surface area contributed by atoms with Gasteiger partial charge in [-0.1, -0.05) is 13.8 Å². The number of hydrogen-bond acceptors (Lipinski definition) is 4. The standard InChI is InChI=1S/C12H17NO4/c1-3-12(13,11(16)17)7(2)9-6-8(14)4-5-10(9)15/h4-7,14-15H,3,13H2,1-2H3,(H,16,17)/t7?,12-/m0/s1. The van der Waals surface area contributed by atoms with E-state index in [2.05, 4.69) is 0 Å². The quantitative estimate of drug-likeness (QED) is 0.594. The van der Waals surface area contributed by atoms with Crippen LogP contribution in [0.2, 0.25) is 0 Å². The van der Waals surface area contributed by atoms with Crippen molar-refractivity contribution in [1.29, 1.82) is 0 Å². The minimum atomic E-state index is -1.47. The number of nitrogens with two attached hydrogens (primary N) is 1. The summed E-state index contributed by atoms with van der Waals surface area (Å²) in [7, 11) is 0. The first-order chi connectivity index (χ1) is 7.82.